The molecule has 0 fully saturated rings. The quantitative estimate of drug-likeness (QED) is 0.774. The molecule has 0 spiro atoms. The minimum Gasteiger partial charge on any atom is -0.497 e. The summed E-state index contributed by atoms with van der Waals surface area (Å²) in [6, 6.07) is 7.87. The van der Waals surface area contributed by atoms with Crippen molar-refractivity contribution in [3.05, 3.63) is 41.5 Å². The standard InChI is InChI=1S/C14H19N3O2/c1-3-7-15-10-14-16-13(17-19-14)9-11-5-4-6-12(8-11)18-2/h4-6,8,15H,3,7,9-10H2,1-2H3. The average molecular weight is 261 g/mol. The molecule has 0 saturated heterocycles. The molecule has 1 aromatic heterocycles. The highest BCUT2D eigenvalue weighted by Crippen LogP contribution is 2.14. The van der Waals surface area contributed by atoms with Crippen LogP contribution in [0, 0.1) is 0 Å². The second-order valence-electron chi connectivity index (χ2n) is 4.31. The number of hydrogen-bond donors (Lipinski definition) is 1. The summed E-state index contributed by atoms with van der Waals surface area (Å²) in [5.41, 5.74) is 1.10. The van der Waals surface area contributed by atoms with E-state index in [1.54, 1.807) is 7.11 Å². The summed E-state index contributed by atoms with van der Waals surface area (Å²) >= 11 is 0. The van der Waals surface area contributed by atoms with Gasteiger partial charge in [-0.25, -0.2) is 0 Å². The Labute approximate surface area is 113 Å². The van der Waals surface area contributed by atoms with Gasteiger partial charge in [-0.15, -0.1) is 0 Å². The zero-order valence-electron chi connectivity index (χ0n) is 11.3. The third-order valence-corrected chi connectivity index (χ3v) is 2.71. The van der Waals surface area contributed by atoms with Crippen LogP contribution in [0.4, 0.5) is 0 Å². The van der Waals surface area contributed by atoms with Gasteiger partial charge in [0.1, 0.15) is 5.75 Å². The van der Waals surface area contributed by atoms with Crippen LogP contribution < -0.4 is 10.1 Å². The molecule has 0 bridgehead atoms. The first-order chi connectivity index (χ1) is 9.31. The third kappa shape index (κ3) is 4.06. The maximum atomic E-state index is 5.19. The summed E-state index contributed by atoms with van der Waals surface area (Å²) in [6.45, 7) is 3.70. The molecule has 1 heterocycles. The number of methoxy groups -OCH3 is 1. The minimum atomic E-state index is 0.624. The number of rotatable bonds is 7. The van der Waals surface area contributed by atoms with Crippen molar-refractivity contribution < 1.29 is 9.26 Å². The van der Waals surface area contributed by atoms with Crippen molar-refractivity contribution in [1.82, 2.24) is 15.5 Å². The molecule has 102 valence electrons. The van der Waals surface area contributed by atoms with Crippen molar-refractivity contribution >= 4 is 0 Å². The SMILES string of the molecule is CCCNCc1nc(Cc2cccc(OC)c2)no1. The topological polar surface area (TPSA) is 60.2 Å². The Balaban J connectivity index is 1.95. The predicted molar refractivity (Wildman–Crippen MR) is 72.1 cm³/mol. The van der Waals surface area contributed by atoms with Gasteiger partial charge in [0.2, 0.25) is 5.89 Å². The maximum absolute atomic E-state index is 5.19. The molecule has 2 aromatic rings. The Morgan fingerprint density at radius 1 is 1.37 bits per heavy atom. The van der Waals surface area contributed by atoms with Gasteiger partial charge in [0.25, 0.3) is 0 Å². The smallest absolute Gasteiger partial charge is 0.240 e. The first-order valence-corrected chi connectivity index (χ1v) is 6.47. The van der Waals surface area contributed by atoms with E-state index in [2.05, 4.69) is 22.4 Å². The Bertz CT molecular complexity index is 511. The van der Waals surface area contributed by atoms with Crippen molar-refractivity contribution in [2.45, 2.75) is 26.3 Å². The molecule has 0 aliphatic heterocycles. The van der Waals surface area contributed by atoms with Gasteiger partial charge in [-0.2, -0.15) is 4.98 Å². The fourth-order valence-electron chi connectivity index (χ4n) is 1.77. The first kappa shape index (κ1) is 13.5. The Morgan fingerprint density at radius 2 is 2.26 bits per heavy atom. The number of nitrogens with one attached hydrogen (secondary N) is 1. The van der Waals surface area contributed by atoms with Gasteiger partial charge in [-0.3, -0.25) is 0 Å². The van der Waals surface area contributed by atoms with Crippen molar-refractivity contribution in [3.8, 4) is 5.75 Å². The third-order valence-electron chi connectivity index (χ3n) is 2.71. The fourth-order valence-corrected chi connectivity index (χ4v) is 1.77. The van der Waals surface area contributed by atoms with Crippen LogP contribution in [0.3, 0.4) is 0 Å². The van der Waals surface area contributed by atoms with Crippen LogP contribution in [0.5, 0.6) is 5.75 Å². The van der Waals surface area contributed by atoms with Crippen LogP contribution in [-0.2, 0) is 13.0 Å². The van der Waals surface area contributed by atoms with E-state index >= 15 is 0 Å². The van der Waals surface area contributed by atoms with Gasteiger partial charge in [0.15, 0.2) is 5.82 Å². The van der Waals surface area contributed by atoms with E-state index in [-0.39, 0.29) is 0 Å². The highest BCUT2D eigenvalue weighted by Gasteiger charge is 2.07. The molecule has 0 aliphatic rings. The molecular formula is C14H19N3O2. The fraction of sp³-hybridized carbons (Fsp3) is 0.429. The van der Waals surface area contributed by atoms with Crippen molar-refractivity contribution in [1.29, 1.82) is 0 Å². The molecule has 5 heteroatoms. The molecular weight excluding hydrogens is 242 g/mol. The Hall–Kier alpha value is -1.88. The molecule has 0 radical (unpaired) electrons. The minimum absolute atomic E-state index is 0.624. The lowest BCUT2D eigenvalue weighted by Gasteiger charge is -2.01. The second-order valence-corrected chi connectivity index (χ2v) is 4.31. The zero-order valence-corrected chi connectivity index (χ0v) is 11.3. The van der Waals surface area contributed by atoms with E-state index in [1.165, 1.54) is 0 Å². The predicted octanol–water partition coefficient (Wildman–Crippen LogP) is 2.17. The Kier molecular flexibility index (Phi) is 4.92. The highest BCUT2D eigenvalue weighted by molar-refractivity contribution is 5.29. The van der Waals surface area contributed by atoms with Crippen LogP contribution in [0.1, 0.15) is 30.6 Å². The normalized spacial score (nSPS) is 10.6. The van der Waals surface area contributed by atoms with Crippen molar-refractivity contribution in [2.24, 2.45) is 0 Å². The molecule has 5 nitrogen and oxygen atoms in total. The first-order valence-electron chi connectivity index (χ1n) is 6.47. The van der Waals surface area contributed by atoms with Crippen LogP contribution in [0.15, 0.2) is 28.8 Å². The molecule has 0 saturated carbocycles. The largest absolute Gasteiger partial charge is 0.497 e. The van der Waals surface area contributed by atoms with Gasteiger partial charge in [0.05, 0.1) is 13.7 Å². The summed E-state index contributed by atoms with van der Waals surface area (Å²) in [5.74, 6) is 2.17. The number of ether oxygens (including phenoxy) is 1. The van der Waals surface area contributed by atoms with Crippen LogP contribution >= 0.6 is 0 Å². The van der Waals surface area contributed by atoms with Crippen molar-refractivity contribution in [3.63, 3.8) is 0 Å². The van der Waals surface area contributed by atoms with E-state index in [1.807, 2.05) is 24.3 Å². The van der Waals surface area contributed by atoms with E-state index in [0.29, 0.717) is 24.7 Å². The summed E-state index contributed by atoms with van der Waals surface area (Å²) in [6.07, 6.45) is 1.74. The maximum Gasteiger partial charge on any atom is 0.240 e. The summed E-state index contributed by atoms with van der Waals surface area (Å²) in [4.78, 5) is 4.35. The number of benzene rings is 1. The summed E-state index contributed by atoms with van der Waals surface area (Å²) < 4.78 is 10.4. The van der Waals surface area contributed by atoms with Gasteiger partial charge in [0, 0.05) is 6.42 Å². The molecule has 0 atom stereocenters. The molecule has 0 unspecified atom stereocenters. The lowest BCUT2D eigenvalue weighted by molar-refractivity contribution is 0.363. The van der Waals surface area contributed by atoms with Crippen LogP contribution in [0.2, 0.25) is 0 Å². The molecule has 0 amide bonds. The second kappa shape index (κ2) is 6.89. The summed E-state index contributed by atoms with van der Waals surface area (Å²) in [5, 5.41) is 7.21. The number of nitrogens with zero attached hydrogens (tertiary/aromatic N) is 2. The molecule has 19 heavy (non-hydrogen) atoms. The van der Waals surface area contributed by atoms with E-state index in [9.17, 15) is 0 Å². The van der Waals surface area contributed by atoms with E-state index in [4.69, 9.17) is 9.26 Å². The summed E-state index contributed by atoms with van der Waals surface area (Å²) in [7, 11) is 1.66. The van der Waals surface area contributed by atoms with Gasteiger partial charge < -0.3 is 14.6 Å². The van der Waals surface area contributed by atoms with Gasteiger partial charge in [-0.05, 0) is 30.7 Å². The monoisotopic (exact) mass is 261 g/mol. The van der Waals surface area contributed by atoms with Crippen molar-refractivity contribution in [2.75, 3.05) is 13.7 Å². The van der Waals surface area contributed by atoms with Crippen LogP contribution in [-0.4, -0.2) is 23.8 Å². The molecule has 1 N–H and O–H groups in total. The number of hydrogen-bond acceptors (Lipinski definition) is 5. The highest BCUT2D eigenvalue weighted by atomic mass is 16.5. The molecule has 1 aromatic carbocycles. The zero-order chi connectivity index (χ0) is 13.5. The van der Waals surface area contributed by atoms with E-state index < -0.39 is 0 Å². The lowest BCUT2D eigenvalue weighted by Crippen LogP contribution is -2.13. The van der Waals surface area contributed by atoms with Crippen LogP contribution in [0.25, 0.3) is 0 Å². The molecule has 2 rings (SSSR count). The Morgan fingerprint density at radius 3 is 3.05 bits per heavy atom. The molecule has 0 aliphatic carbocycles. The number of aromatic nitrogens is 2. The lowest BCUT2D eigenvalue weighted by atomic mass is 10.1. The van der Waals surface area contributed by atoms with Gasteiger partial charge in [-0.1, -0.05) is 24.2 Å². The average Bonchev–Trinajstić information content (AvgIpc) is 2.87. The van der Waals surface area contributed by atoms with E-state index in [0.717, 1.165) is 24.3 Å². The van der Waals surface area contributed by atoms with Gasteiger partial charge >= 0.3 is 0 Å².